The molecule has 0 spiro atoms. The topological polar surface area (TPSA) is 98.2 Å². The summed E-state index contributed by atoms with van der Waals surface area (Å²) < 4.78 is 15.7. The van der Waals surface area contributed by atoms with Gasteiger partial charge in [-0.05, 0) is 42.3 Å². The maximum atomic E-state index is 12.9. The molecule has 0 saturated carbocycles. The molecule has 150 valence electrons. The zero-order valence-corrected chi connectivity index (χ0v) is 15.8. The van der Waals surface area contributed by atoms with Crippen LogP contribution in [0.15, 0.2) is 48.3 Å². The molecular formula is C21H20N2O6. The summed E-state index contributed by atoms with van der Waals surface area (Å²) in [5.41, 5.74) is 1.11. The molecule has 2 aliphatic rings. The first kappa shape index (κ1) is 18.9. The molecule has 8 nitrogen and oxygen atoms in total. The minimum atomic E-state index is -0.723. The molecule has 1 aromatic carbocycles. The number of carbonyl (C=O) groups excluding carboxylic acids is 2. The SMILES string of the molecule is COCCCN1C(=O)C(=O)/C(=C(\O)c2ccc3c(c2)OCO3)C1c1ccncc1. The Morgan fingerprint density at radius 1 is 1.21 bits per heavy atom. The summed E-state index contributed by atoms with van der Waals surface area (Å²) in [6.07, 6.45) is 3.74. The second-order valence-corrected chi connectivity index (χ2v) is 6.69. The Morgan fingerprint density at radius 3 is 2.72 bits per heavy atom. The predicted molar refractivity (Wildman–Crippen MR) is 102 cm³/mol. The summed E-state index contributed by atoms with van der Waals surface area (Å²) in [7, 11) is 1.58. The van der Waals surface area contributed by atoms with Crippen LogP contribution in [0, 0.1) is 0 Å². The molecule has 1 atom stereocenters. The fraction of sp³-hybridized carbons (Fsp3) is 0.286. The quantitative estimate of drug-likeness (QED) is 0.346. The number of aromatic nitrogens is 1. The van der Waals surface area contributed by atoms with Crippen LogP contribution in [0.5, 0.6) is 11.5 Å². The number of likely N-dealkylation sites (tertiary alicyclic amines) is 1. The van der Waals surface area contributed by atoms with Crippen molar-refractivity contribution in [3.63, 3.8) is 0 Å². The van der Waals surface area contributed by atoms with E-state index in [9.17, 15) is 14.7 Å². The number of methoxy groups -OCH3 is 1. The lowest BCUT2D eigenvalue weighted by molar-refractivity contribution is -0.140. The third-order valence-corrected chi connectivity index (χ3v) is 4.96. The Morgan fingerprint density at radius 2 is 1.97 bits per heavy atom. The number of aliphatic hydroxyl groups excluding tert-OH is 1. The van der Waals surface area contributed by atoms with Gasteiger partial charge in [0.2, 0.25) is 6.79 Å². The average molecular weight is 396 g/mol. The van der Waals surface area contributed by atoms with Crippen LogP contribution in [0.2, 0.25) is 0 Å². The number of hydrogen-bond acceptors (Lipinski definition) is 7. The summed E-state index contributed by atoms with van der Waals surface area (Å²) in [5.74, 6) is -0.585. The predicted octanol–water partition coefficient (Wildman–Crippen LogP) is 2.27. The number of hydrogen-bond donors (Lipinski definition) is 1. The number of amides is 1. The number of fused-ring (bicyclic) bond motifs is 1. The van der Waals surface area contributed by atoms with Crippen LogP contribution < -0.4 is 9.47 Å². The largest absolute Gasteiger partial charge is 0.507 e. The Kier molecular flexibility index (Phi) is 5.18. The molecule has 1 saturated heterocycles. The van der Waals surface area contributed by atoms with Crippen molar-refractivity contribution in [2.75, 3.05) is 27.1 Å². The van der Waals surface area contributed by atoms with Gasteiger partial charge < -0.3 is 24.2 Å². The van der Waals surface area contributed by atoms with Crippen molar-refractivity contribution in [2.45, 2.75) is 12.5 Å². The van der Waals surface area contributed by atoms with Crippen LogP contribution in [0.25, 0.3) is 5.76 Å². The number of ether oxygens (including phenoxy) is 3. The van der Waals surface area contributed by atoms with Crippen molar-refractivity contribution in [2.24, 2.45) is 0 Å². The molecule has 0 bridgehead atoms. The number of aliphatic hydroxyl groups is 1. The third kappa shape index (κ3) is 3.42. The third-order valence-electron chi connectivity index (χ3n) is 4.96. The van der Waals surface area contributed by atoms with Gasteiger partial charge in [0.05, 0.1) is 11.6 Å². The standard InChI is InChI=1S/C21H20N2O6/c1-27-10-2-9-23-18(13-5-7-22-8-6-13)17(20(25)21(23)26)19(24)14-3-4-15-16(11-14)29-12-28-15/h3-8,11,18,24H,2,9-10,12H2,1H3/b19-17-. The molecule has 1 unspecified atom stereocenters. The van der Waals surface area contributed by atoms with Crippen LogP contribution >= 0.6 is 0 Å². The first-order chi connectivity index (χ1) is 14.1. The Bertz CT molecular complexity index is 972. The van der Waals surface area contributed by atoms with E-state index in [1.54, 1.807) is 49.8 Å². The number of nitrogens with zero attached hydrogens (tertiary/aromatic N) is 2. The molecule has 2 aromatic rings. The minimum Gasteiger partial charge on any atom is -0.507 e. The molecule has 8 heteroatoms. The molecule has 1 amide bonds. The lowest BCUT2D eigenvalue weighted by atomic mass is 9.96. The van der Waals surface area contributed by atoms with Crippen LogP contribution in [0.1, 0.15) is 23.6 Å². The molecule has 2 aliphatic heterocycles. The molecule has 0 aliphatic carbocycles. The van der Waals surface area contributed by atoms with Crippen LogP contribution in [0.3, 0.4) is 0 Å². The molecule has 0 radical (unpaired) electrons. The highest BCUT2D eigenvalue weighted by Crippen LogP contribution is 2.41. The molecule has 1 aromatic heterocycles. The van der Waals surface area contributed by atoms with Crippen molar-refractivity contribution in [1.29, 1.82) is 0 Å². The molecule has 29 heavy (non-hydrogen) atoms. The van der Waals surface area contributed by atoms with Crippen molar-refractivity contribution >= 4 is 17.4 Å². The maximum Gasteiger partial charge on any atom is 0.295 e. The molecule has 1 N–H and O–H groups in total. The van der Waals surface area contributed by atoms with Gasteiger partial charge in [-0.2, -0.15) is 0 Å². The summed E-state index contributed by atoms with van der Waals surface area (Å²) in [5, 5.41) is 11.0. The second-order valence-electron chi connectivity index (χ2n) is 6.69. The smallest absolute Gasteiger partial charge is 0.295 e. The first-order valence-corrected chi connectivity index (χ1v) is 9.19. The summed E-state index contributed by atoms with van der Waals surface area (Å²) in [6, 6.07) is 7.64. The van der Waals surface area contributed by atoms with Gasteiger partial charge in [0.15, 0.2) is 11.5 Å². The number of benzene rings is 1. The number of pyridine rings is 1. The summed E-state index contributed by atoms with van der Waals surface area (Å²) in [6.45, 7) is 0.873. The number of carbonyl (C=O) groups is 2. The Balaban J connectivity index is 1.79. The lowest BCUT2D eigenvalue weighted by Gasteiger charge is -2.25. The highest BCUT2D eigenvalue weighted by molar-refractivity contribution is 6.46. The van der Waals surface area contributed by atoms with E-state index in [-0.39, 0.29) is 18.1 Å². The molecule has 3 heterocycles. The van der Waals surface area contributed by atoms with Gasteiger partial charge in [0.25, 0.3) is 11.7 Å². The van der Waals surface area contributed by atoms with Crippen LogP contribution in [-0.2, 0) is 14.3 Å². The van der Waals surface area contributed by atoms with Gasteiger partial charge in [-0.15, -0.1) is 0 Å². The van der Waals surface area contributed by atoms with Gasteiger partial charge in [-0.25, -0.2) is 0 Å². The second kappa shape index (κ2) is 7.92. The molecule has 4 rings (SSSR count). The number of rotatable bonds is 6. The molecular weight excluding hydrogens is 376 g/mol. The first-order valence-electron chi connectivity index (χ1n) is 9.19. The fourth-order valence-corrected chi connectivity index (χ4v) is 3.58. The normalized spacial score (nSPS) is 19.8. The van der Waals surface area contributed by atoms with Gasteiger partial charge in [-0.1, -0.05) is 0 Å². The zero-order valence-electron chi connectivity index (χ0n) is 15.8. The average Bonchev–Trinajstić information content (AvgIpc) is 3.31. The van der Waals surface area contributed by atoms with E-state index in [4.69, 9.17) is 14.2 Å². The van der Waals surface area contributed by atoms with E-state index in [0.717, 1.165) is 0 Å². The van der Waals surface area contributed by atoms with E-state index in [1.165, 1.54) is 4.90 Å². The maximum absolute atomic E-state index is 12.9. The van der Waals surface area contributed by atoms with Crippen molar-refractivity contribution in [1.82, 2.24) is 9.88 Å². The number of ketones is 1. The van der Waals surface area contributed by atoms with E-state index in [2.05, 4.69) is 4.98 Å². The van der Waals surface area contributed by atoms with Crippen molar-refractivity contribution < 1.29 is 28.9 Å². The van der Waals surface area contributed by atoms with Gasteiger partial charge >= 0.3 is 0 Å². The van der Waals surface area contributed by atoms with E-state index < -0.39 is 17.7 Å². The minimum absolute atomic E-state index is 0.0393. The summed E-state index contributed by atoms with van der Waals surface area (Å²) in [4.78, 5) is 31.1. The van der Waals surface area contributed by atoms with E-state index >= 15 is 0 Å². The highest BCUT2D eigenvalue weighted by atomic mass is 16.7. The van der Waals surface area contributed by atoms with Crippen LogP contribution in [-0.4, -0.2) is 53.7 Å². The Labute approximate surface area is 167 Å². The zero-order chi connectivity index (χ0) is 20.4. The van der Waals surface area contributed by atoms with E-state index in [0.29, 0.717) is 42.2 Å². The highest BCUT2D eigenvalue weighted by Gasteiger charge is 2.45. The van der Waals surface area contributed by atoms with Crippen LogP contribution in [0.4, 0.5) is 0 Å². The van der Waals surface area contributed by atoms with Gasteiger partial charge in [0.1, 0.15) is 5.76 Å². The van der Waals surface area contributed by atoms with E-state index in [1.807, 2.05) is 0 Å². The van der Waals surface area contributed by atoms with Crippen molar-refractivity contribution in [3.05, 3.63) is 59.4 Å². The monoisotopic (exact) mass is 396 g/mol. The molecule has 1 fully saturated rings. The Hall–Kier alpha value is -3.39. The number of Topliss-reactive ketones (excluding diaryl/α,β-unsaturated/α-hetero) is 1. The lowest BCUT2D eigenvalue weighted by Crippen LogP contribution is -2.31. The van der Waals surface area contributed by atoms with Gasteiger partial charge in [0, 0.05) is 38.2 Å². The van der Waals surface area contributed by atoms with Crippen molar-refractivity contribution in [3.8, 4) is 11.5 Å². The van der Waals surface area contributed by atoms with Gasteiger partial charge in [-0.3, -0.25) is 14.6 Å². The summed E-state index contributed by atoms with van der Waals surface area (Å²) >= 11 is 0. The fourth-order valence-electron chi connectivity index (χ4n) is 3.58.